The van der Waals surface area contributed by atoms with Crippen LogP contribution in [0.2, 0.25) is 0 Å². The molecule has 2 fully saturated rings. The van der Waals surface area contributed by atoms with E-state index in [2.05, 4.69) is 5.32 Å². The lowest BCUT2D eigenvalue weighted by atomic mass is 10.0. The second-order valence-electron chi connectivity index (χ2n) is 7.67. The molecule has 162 valence electrons. The van der Waals surface area contributed by atoms with Crippen LogP contribution in [-0.2, 0) is 19.6 Å². The van der Waals surface area contributed by atoms with Crippen LogP contribution in [0.4, 0.5) is 0 Å². The maximum Gasteiger partial charge on any atom is 0.290 e. The summed E-state index contributed by atoms with van der Waals surface area (Å²) in [6.45, 7) is 4.78. The lowest BCUT2D eigenvalue weighted by molar-refractivity contribution is -0.126. The first-order valence-corrected chi connectivity index (χ1v) is 11.6. The first-order chi connectivity index (χ1) is 13.8. The molecule has 0 radical (unpaired) electrons. The van der Waals surface area contributed by atoms with E-state index in [9.17, 15) is 18.0 Å². The highest BCUT2D eigenvalue weighted by atomic mass is 32.2. The average molecular weight is 428 g/mol. The Morgan fingerprint density at radius 2 is 1.93 bits per heavy atom. The number of carbonyl (C=O) groups excluding carboxylic acids is 2. The molecule has 10 heteroatoms. The minimum atomic E-state index is -3.50. The van der Waals surface area contributed by atoms with Crippen LogP contribution in [0.15, 0.2) is 22.8 Å². The smallest absolute Gasteiger partial charge is 0.290 e. The Morgan fingerprint density at radius 3 is 2.59 bits per heavy atom. The van der Waals surface area contributed by atoms with Gasteiger partial charge in [0.1, 0.15) is 6.04 Å². The Hall–Kier alpha value is -1.91. The van der Waals surface area contributed by atoms with Gasteiger partial charge in [-0.3, -0.25) is 9.59 Å². The number of nitrogens with one attached hydrogen (secondary N) is 1. The van der Waals surface area contributed by atoms with E-state index in [1.54, 1.807) is 12.1 Å². The molecule has 3 heterocycles. The first kappa shape index (κ1) is 21.8. The molecule has 9 nitrogen and oxygen atoms in total. The predicted molar refractivity (Wildman–Crippen MR) is 106 cm³/mol. The molecule has 3 atom stereocenters. The zero-order valence-electron chi connectivity index (χ0n) is 16.9. The Labute approximate surface area is 171 Å². The molecule has 0 aromatic carbocycles. The van der Waals surface area contributed by atoms with Crippen LogP contribution in [0.25, 0.3) is 0 Å². The van der Waals surface area contributed by atoms with E-state index in [-0.39, 0.29) is 42.1 Å². The van der Waals surface area contributed by atoms with Crippen molar-refractivity contribution in [2.45, 2.75) is 51.4 Å². The molecule has 1 aromatic rings. The number of nitrogens with zero attached hydrogens (tertiary/aromatic N) is 2. The Bertz CT molecular complexity index is 800. The van der Waals surface area contributed by atoms with Crippen LogP contribution >= 0.6 is 0 Å². The van der Waals surface area contributed by atoms with E-state index in [1.165, 1.54) is 15.5 Å². The lowest BCUT2D eigenvalue weighted by Gasteiger charge is -2.35. The van der Waals surface area contributed by atoms with E-state index in [0.717, 1.165) is 12.8 Å². The van der Waals surface area contributed by atoms with Gasteiger partial charge in [0.2, 0.25) is 15.9 Å². The van der Waals surface area contributed by atoms with Gasteiger partial charge < -0.3 is 19.4 Å². The second-order valence-corrected chi connectivity index (χ2v) is 9.76. The first-order valence-electron chi connectivity index (χ1n) is 10.0. The van der Waals surface area contributed by atoms with Gasteiger partial charge in [-0.2, -0.15) is 4.31 Å². The summed E-state index contributed by atoms with van der Waals surface area (Å²) >= 11 is 0. The number of piperidine rings is 1. The van der Waals surface area contributed by atoms with Gasteiger partial charge in [-0.1, -0.05) is 0 Å². The van der Waals surface area contributed by atoms with Gasteiger partial charge in [-0.25, -0.2) is 8.42 Å². The van der Waals surface area contributed by atoms with E-state index < -0.39 is 16.1 Å². The van der Waals surface area contributed by atoms with Crippen LogP contribution < -0.4 is 5.32 Å². The molecule has 29 heavy (non-hydrogen) atoms. The minimum absolute atomic E-state index is 0.000564. The molecule has 1 aromatic heterocycles. The molecule has 2 saturated heterocycles. The third-order valence-corrected chi connectivity index (χ3v) is 7.04. The molecular weight excluding hydrogens is 398 g/mol. The fourth-order valence-electron chi connectivity index (χ4n) is 3.90. The highest BCUT2D eigenvalue weighted by Gasteiger charge is 2.34. The number of carbonyl (C=O) groups is 2. The fraction of sp³-hybridized carbons (Fsp3) is 0.684. The second kappa shape index (κ2) is 9.27. The van der Waals surface area contributed by atoms with Crippen LogP contribution in [-0.4, -0.2) is 79.6 Å². The number of rotatable bonds is 6. The van der Waals surface area contributed by atoms with Gasteiger partial charge in [-0.15, -0.1) is 0 Å². The summed E-state index contributed by atoms with van der Waals surface area (Å²) < 4.78 is 37.4. The number of ether oxygens (including phenoxy) is 1. The SMILES string of the molecule is CC1CN(S(=O)(=O)CCNC(=O)C2CCCCN2C(=O)c2ccco2)CC(C)O1. The van der Waals surface area contributed by atoms with E-state index >= 15 is 0 Å². The molecule has 0 aliphatic carbocycles. The van der Waals surface area contributed by atoms with Crippen molar-refractivity contribution in [2.24, 2.45) is 0 Å². The molecule has 1 N–H and O–H groups in total. The third kappa shape index (κ3) is 5.37. The summed E-state index contributed by atoms with van der Waals surface area (Å²) in [5.74, 6) is -0.637. The van der Waals surface area contributed by atoms with Crippen molar-refractivity contribution in [2.75, 3.05) is 31.9 Å². The quantitative estimate of drug-likeness (QED) is 0.720. The van der Waals surface area contributed by atoms with Crippen molar-refractivity contribution in [1.29, 1.82) is 0 Å². The number of morpholine rings is 1. The molecule has 3 unspecified atom stereocenters. The number of hydrogen-bond acceptors (Lipinski definition) is 6. The van der Waals surface area contributed by atoms with Crippen molar-refractivity contribution < 1.29 is 27.2 Å². The summed E-state index contributed by atoms with van der Waals surface area (Å²) in [7, 11) is -3.50. The third-order valence-electron chi connectivity index (χ3n) is 5.24. The lowest BCUT2D eigenvalue weighted by Crippen LogP contribution is -2.53. The Balaban J connectivity index is 1.55. The van der Waals surface area contributed by atoms with Crippen LogP contribution in [0.5, 0.6) is 0 Å². The van der Waals surface area contributed by atoms with Crippen LogP contribution in [0, 0.1) is 0 Å². The monoisotopic (exact) mass is 427 g/mol. The van der Waals surface area contributed by atoms with Gasteiger partial charge >= 0.3 is 0 Å². The van der Waals surface area contributed by atoms with E-state index in [0.29, 0.717) is 26.1 Å². The summed E-state index contributed by atoms with van der Waals surface area (Å²) in [6, 6.07) is 2.58. The van der Waals surface area contributed by atoms with Crippen molar-refractivity contribution in [3.8, 4) is 0 Å². The Kier molecular flexibility index (Phi) is 6.97. The standard InChI is InChI=1S/C19H29N3O6S/c1-14-12-21(13-15(2)28-14)29(25,26)11-8-20-18(23)16-6-3-4-9-22(16)19(24)17-7-5-10-27-17/h5,7,10,14-16H,3-4,6,8-9,11-13H2,1-2H3,(H,20,23). The largest absolute Gasteiger partial charge is 0.459 e. The topological polar surface area (TPSA) is 109 Å². The van der Waals surface area contributed by atoms with Crippen molar-refractivity contribution >= 4 is 21.8 Å². The summed E-state index contributed by atoms with van der Waals surface area (Å²) in [4.78, 5) is 26.8. The minimum Gasteiger partial charge on any atom is -0.459 e. The average Bonchev–Trinajstić information content (AvgIpc) is 3.21. The molecule has 2 aliphatic heterocycles. The summed E-state index contributed by atoms with van der Waals surface area (Å²) in [5, 5.41) is 2.70. The number of hydrogen-bond donors (Lipinski definition) is 1. The maximum absolute atomic E-state index is 12.7. The molecule has 0 bridgehead atoms. The van der Waals surface area contributed by atoms with E-state index in [4.69, 9.17) is 9.15 Å². The molecule has 0 saturated carbocycles. The zero-order chi connectivity index (χ0) is 21.0. The molecule has 0 spiro atoms. The number of furan rings is 1. The normalized spacial score (nSPS) is 26.3. The number of likely N-dealkylation sites (tertiary alicyclic amines) is 1. The molecule has 3 rings (SSSR count). The van der Waals surface area contributed by atoms with E-state index in [1.807, 2.05) is 13.8 Å². The summed E-state index contributed by atoms with van der Waals surface area (Å²) in [5.41, 5.74) is 0. The van der Waals surface area contributed by atoms with Crippen molar-refractivity contribution in [1.82, 2.24) is 14.5 Å². The highest BCUT2D eigenvalue weighted by molar-refractivity contribution is 7.89. The number of sulfonamides is 1. The molecule has 2 amide bonds. The van der Waals surface area contributed by atoms with Crippen molar-refractivity contribution in [3.63, 3.8) is 0 Å². The summed E-state index contributed by atoms with van der Waals surface area (Å²) in [6.07, 6.45) is 3.30. The van der Waals surface area contributed by atoms with Gasteiger partial charge in [-0.05, 0) is 45.2 Å². The predicted octanol–water partition coefficient (Wildman–Crippen LogP) is 0.830. The fourth-order valence-corrected chi connectivity index (χ4v) is 5.39. The van der Waals surface area contributed by atoms with Gasteiger partial charge in [0.05, 0.1) is 24.2 Å². The van der Waals surface area contributed by atoms with Crippen molar-refractivity contribution in [3.05, 3.63) is 24.2 Å². The van der Waals surface area contributed by atoms with Crippen LogP contribution in [0.1, 0.15) is 43.7 Å². The molecular formula is C19H29N3O6S. The van der Waals surface area contributed by atoms with Crippen LogP contribution in [0.3, 0.4) is 0 Å². The van der Waals surface area contributed by atoms with Gasteiger partial charge in [0.25, 0.3) is 5.91 Å². The van der Waals surface area contributed by atoms with Gasteiger partial charge in [0.15, 0.2) is 5.76 Å². The highest BCUT2D eigenvalue weighted by Crippen LogP contribution is 2.20. The van der Waals surface area contributed by atoms with Gasteiger partial charge in [0, 0.05) is 26.2 Å². The Morgan fingerprint density at radius 1 is 1.21 bits per heavy atom. The molecule has 2 aliphatic rings. The maximum atomic E-state index is 12.7. The zero-order valence-corrected chi connectivity index (χ0v) is 17.7. The number of amides is 2.